The fourth-order valence-corrected chi connectivity index (χ4v) is 2.32. The Hall–Kier alpha value is -1.35. The average molecular weight is 230 g/mol. The van der Waals surface area contributed by atoms with Gasteiger partial charge in [0.05, 0.1) is 10.7 Å². The van der Waals surface area contributed by atoms with Crippen LogP contribution in [0.5, 0.6) is 0 Å². The standard InChI is InChI=1S/C13H14N2S/c1-9-14-13(8-16-9)10-2-4-11(5-3-10)15-12-6-7-12/h2-5,8,12,15H,6-7H2,1H3. The molecule has 0 saturated heterocycles. The molecule has 1 saturated carbocycles. The second-order valence-electron chi connectivity index (χ2n) is 4.25. The van der Waals surface area contributed by atoms with Crippen molar-refractivity contribution in [3.05, 3.63) is 34.7 Å². The molecule has 2 aromatic rings. The quantitative estimate of drug-likeness (QED) is 0.869. The third-order valence-corrected chi connectivity index (χ3v) is 3.52. The van der Waals surface area contributed by atoms with Crippen LogP contribution in [-0.4, -0.2) is 11.0 Å². The summed E-state index contributed by atoms with van der Waals surface area (Å²) in [6.45, 7) is 2.04. The van der Waals surface area contributed by atoms with Gasteiger partial charge in [0.1, 0.15) is 0 Å². The van der Waals surface area contributed by atoms with Crippen LogP contribution in [0, 0.1) is 6.92 Å². The maximum atomic E-state index is 4.48. The van der Waals surface area contributed by atoms with Gasteiger partial charge in [-0.25, -0.2) is 4.98 Å². The average Bonchev–Trinajstić information content (AvgIpc) is 3.00. The number of hydrogen-bond donors (Lipinski definition) is 1. The number of aromatic nitrogens is 1. The second kappa shape index (κ2) is 3.91. The van der Waals surface area contributed by atoms with Crippen molar-refractivity contribution in [2.45, 2.75) is 25.8 Å². The first-order valence-electron chi connectivity index (χ1n) is 5.60. The molecule has 1 aliphatic carbocycles. The van der Waals surface area contributed by atoms with Gasteiger partial charge in [-0.15, -0.1) is 11.3 Å². The van der Waals surface area contributed by atoms with E-state index in [1.165, 1.54) is 24.1 Å². The Labute approximate surface area is 99.4 Å². The maximum Gasteiger partial charge on any atom is 0.0901 e. The maximum absolute atomic E-state index is 4.48. The smallest absolute Gasteiger partial charge is 0.0901 e. The molecule has 1 N–H and O–H groups in total. The van der Waals surface area contributed by atoms with Crippen LogP contribution in [0.2, 0.25) is 0 Å². The van der Waals surface area contributed by atoms with E-state index in [2.05, 4.69) is 39.9 Å². The summed E-state index contributed by atoms with van der Waals surface area (Å²) in [5, 5.41) is 6.71. The van der Waals surface area contributed by atoms with Gasteiger partial charge >= 0.3 is 0 Å². The van der Waals surface area contributed by atoms with Gasteiger partial charge in [0, 0.05) is 22.7 Å². The Morgan fingerprint density at radius 1 is 1.25 bits per heavy atom. The van der Waals surface area contributed by atoms with Gasteiger partial charge in [-0.1, -0.05) is 12.1 Å². The van der Waals surface area contributed by atoms with E-state index in [4.69, 9.17) is 0 Å². The summed E-state index contributed by atoms with van der Waals surface area (Å²) >= 11 is 1.70. The van der Waals surface area contributed by atoms with Gasteiger partial charge in [-0.2, -0.15) is 0 Å². The second-order valence-corrected chi connectivity index (χ2v) is 5.31. The van der Waals surface area contributed by atoms with Crippen LogP contribution in [0.25, 0.3) is 11.3 Å². The summed E-state index contributed by atoms with van der Waals surface area (Å²) < 4.78 is 0. The number of hydrogen-bond acceptors (Lipinski definition) is 3. The summed E-state index contributed by atoms with van der Waals surface area (Å²) in [7, 11) is 0. The molecule has 1 fully saturated rings. The highest BCUT2D eigenvalue weighted by Gasteiger charge is 2.20. The van der Waals surface area contributed by atoms with E-state index in [1.54, 1.807) is 11.3 Å². The van der Waals surface area contributed by atoms with Crippen molar-refractivity contribution in [1.29, 1.82) is 0 Å². The molecule has 1 aromatic carbocycles. The molecule has 0 aliphatic heterocycles. The molecule has 0 bridgehead atoms. The fourth-order valence-electron chi connectivity index (χ4n) is 1.70. The van der Waals surface area contributed by atoms with Gasteiger partial charge in [-0.05, 0) is 31.9 Å². The first kappa shape index (κ1) is 9.85. The number of anilines is 1. The molecule has 0 atom stereocenters. The lowest BCUT2D eigenvalue weighted by Gasteiger charge is -2.04. The van der Waals surface area contributed by atoms with E-state index in [0.717, 1.165) is 10.7 Å². The SMILES string of the molecule is Cc1nc(-c2ccc(NC3CC3)cc2)cs1. The number of rotatable bonds is 3. The zero-order valence-corrected chi connectivity index (χ0v) is 10.1. The number of nitrogens with zero attached hydrogens (tertiary/aromatic N) is 1. The molecule has 2 nitrogen and oxygen atoms in total. The molecule has 1 heterocycles. The monoisotopic (exact) mass is 230 g/mol. The number of nitrogens with one attached hydrogen (secondary N) is 1. The number of benzene rings is 1. The number of thiazole rings is 1. The molecule has 0 unspecified atom stereocenters. The van der Waals surface area contributed by atoms with Gasteiger partial charge in [0.15, 0.2) is 0 Å². The van der Waals surface area contributed by atoms with Crippen LogP contribution in [-0.2, 0) is 0 Å². The molecule has 0 amide bonds. The topological polar surface area (TPSA) is 24.9 Å². The molecule has 16 heavy (non-hydrogen) atoms. The summed E-state index contributed by atoms with van der Waals surface area (Å²) in [5.41, 5.74) is 3.50. The van der Waals surface area contributed by atoms with E-state index < -0.39 is 0 Å². The van der Waals surface area contributed by atoms with E-state index in [-0.39, 0.29) is 0 Å². The third kappa shape index (κ3) is 2.09. The molecule has 3 heteroatoms. The van der Waals surface area contributed by atoms with Gasteiger partial charge < -0.3 is 5.32 Å². The summed E-state index contributed by atoms with van der Waals surface area (Å²) in [6, 6.07) is 9.27. The molecule has 3 rings (SSSR count). The van der Waals surface area contributed by atoms with Crippen LogP contribution in [0.15, 0.2) is 29.6 Å². The summed E-state index contributed by atoms with van der Waals surface area (Å²) in [4.78, 5) is 4.48. The van der Waals surface area contributed by atoms with E-state index in [9.17, 15) is 0 Å². The van der Waals surface area contributed by atoms with Crippen LogP contribution in [0.1, 0.15) is 17.8 Å². The first-order chi connectivity index (χ1) is 7.81. The molecule has 1 aliphatic rings. The summed E-state index contributed by atoms with van der Waals surface area (Å²) in [6.07, 6.45) is 2.63. The first-order valence-corrected chi connectivity index (χ1v) is 6.48. The highest BCUT2D eigenvalue weighted by Crippen LogP contribution is 2.27. The predicted molar refractivity (Wildman–Crippen MR) is 68.9 cm³/mol. The molecule has 0 spiro atoms. The Kier molecular flexibility index (Phi) is 2.40. The highest BCUT2D eigenvalue weighted by atomic mass is 32.1. The minimum Gasteiger partial charge on any atom is -0.382 e. The third-order valence-electron chi connectivity index (χ3n) is 2.75. The highest BCUT2D eigenvalue weighted by molar-refractivity contribution is 7.09. The Balaban J connectivity index is 1.80. The van der Waals surface area contributed by atoms with Crippen LogP contribution in [0.4, 0.5) is 5.69 Å². The Morgan fingerprint density at radius 2 is 2.00 bits per heavy atom. The Morgan fingerprint density at radius 3 is 2.56 bits per heavy atom. The van der Waals surface area contributed by atoms with Gasteiger partial charge in [-0.3, -0.25) is 0 Å². The normalized spacial score (nSPS) is 15.1. The van der Waals surface area contributed by atoms with Crippen LogP contribution in [0.3, 0.4) is 0 Å². The lowest BCUT2D eigenvalue weighted by Crippen LogP contribution is -1.99. The fraction of sp³-hybridized carbons (Fsp3) is 0.308. The Bertz CT molecular complexity index is 483. The summed E-state index contributed by atoms with van der Waals surface area (Å²) in [5.74, 6) is 0. The van der Waals surface area contributed by atoms with E-state index >= 15 is 0 Å². The van der Waals surface area contributed by atoms with Crippen LogP contribution >= 0.6 is 11.3 Å². The minimum atomic E-state index is 0.715. The lowest BCUT2D eigenvalue weighted by molar-refractivity contribution is 1.16. The predicted octanol–water partition coefficient (Wildman–Crippen LogP) is 3.69. The number of aryl methyl sites for hydroxylation is 1. The zero-order valence-electron chi connectivity index (χ0n) is 9.23. The van der Waals surface area contributed by atoms with Gasteiger partial charge in [0.2, 0.25) is 0 Å². The molecule has 0 radical (unpaired) electrons. The largest absolute Gasteiger partial charge is 0.382 e. The van der Waals surface area contributed by atoms with Crippen molar-refractivity contribution < 1.29 is 0 Å². The van der Waals surface area contributed by atoms with Crippen molar-refractivity contribution in [2.75, 3.05) is 5.32 Å². The lowest BCUT2D eigenvalue weighted by atomic mass is 10.1. The van der Waals surface area contributed by atoms with Crippen LogP contribution < -0.4 is 5.32 Å². The zero-order chi connectivity index (χ0) is 11.0. The molecule has 1 aromatic heterocycles. The van der Waals surface area contributed by atoms with Gasteiger partial charge in [0.25, 0.3) is 0 Å². The van der Waals surface area contributed by atoms with Crippen molar-refractivity contribution in [1.82, 2.24) is 4.98 Å². The molecular formula is C13H14N2S. The van der Waals surface area contributed by atoms with Crippen molar-refractivity contribution in [3.63, 3.8) is 0 Å². The minimum absolute atomic E-state index is 0.715. The van der Waals surface area contributed by atoms with Crippen molar-refractivity contribution in [2.24, 2.45) is 0 Å². The van der Waals surface area contributed by atoms with E-state index in [0.29, 0.717) is 6.04 Å². The van der Waals surface area contributed by atoms with Crippen molar-refractivity contribution in [3.8, 4) is 11.3 Å². The van der Waals surface area contributed by atoms with E-state index in [1.807, 2.05) is 6.92 Å². The van der Waals surface area contributed by atoms with Crippen molar-refractivity contribution >= 4 is 17.0 Å². The molecular weight excluding hydrogens is 216 g/mol. The molecule has 82 valence electrons.